The van der Waals surface area contributed by atoms with Gasteiger partial charge in [0.2, 0.25) is 5.95 Å². The maximum Gasteiger partial charge on any atom is 0.229 e. The molecule has 0 amide bonds. The van der Waals surface area contributed by atoms with Crippen molar-refractivity contribution in [3.05, 3.63) is 64.8 Å². The third kappa shape index (κ3) is 6.73. The number of sulfone groups is 1. The first kappa shape index (κ1) is 32.2. The van der Waals surface area contributed by atoms with Crippen LogP contribution in [0.1, 0.15) is 59.1 Å². The van der Waals surface area contributed by atoms with Crippen molar-refractivity contribution in [1.82, 2.24) is 14.9 Å². The van der Waals surface area contributed by atoms with Crippen LogP contribution in [0, 0.1) is 6.92 Å². The van der Waals surface area contributed by atoms with Crippen LogP contribution < -0.4 is 15.4 Å². The number of ether oxygens (including phenoxy) is 2. The van der Waals surface area contributed by atoms with Crippen LogP contribution in [0.5, 0.6) is 5.75 Å². The topological polar surface area (TPSA) is 106 Å². The fourth-order valence-corrected chi connectivity index (χ4v) is 7.22. The fourth-order valence-electron chi connectivity index (χ4n) is 5.88. The smallest absolute Gasteiger partial charge is 0.229 e. The van der Waals surface area contributed by atoms with E-state index in [1.54, 1.807) is 38.1 Å². The van der Waals surface area contributed by atoms with Crippen LogP contribution in [0.4, 0.5) is 23.1 Å². The van der Waals surface area contributed by atoms with E-state index in [4.69, 9.17) is 21.1 Å². The van der Waals surface area contributed by atoms with Crippen molar-refractivity contribution in [2.24, 2.45) is 0 Å². The number of anilines is 4. The SMILES string of the molecule is Cc1cc(Nc2ncc(Cl)c(Nc3ccccc3S(=O)(=O)C(C)C)n2)c(OC(C)C)cc1C1=C[C@@H](C)N(C2COC2)[C@@H](C)C1. The molecule has 0 spiro atoms. The molecule has 1 saturated heterocycles. The molecule has 9 nitrogen and oxygen atoms in total. The van der Waals surface area contributed by atoms with Gasteiger partial charge in [-0.05, 0) is 95.9 Å². The van der Waals surface area contributed by atoms with Gasteiger partial charge in [-0.2, -0.15) is 4.98 Å². The lowest BCUT2D eigenvalue weighted by Gasteiger charge is -2.46. The zero-order valence-corrected chi connectivity index (χ0v) is 28.0. The third-order valence-corrected chi connectivity index (χ3v) is 10.6. The van der Waals surface area contributed by atoms with Crippen molar-refractivity contribution >= 4 is 50.2 Å². The highest BCUT2D eigenvalue weighted by Crippen LogP contribution is 2.39. The Bertz CT molecular complexity index is 1660. The highest BCUT2D eigenvalue weighted by molar-refractivity contribution is 7.92. The van der Waals surface area contributed by atoms with Gasteiger partial charge in [-0.25, -0.2) is 13.4 Å². The molecule has 236 valence electrons. The summed E-state index contributed by atoms with van der Waals surface area (Å²) in [5, 5.41) is 6.10. The predicted molar refractivity (Wildman–Crippen MR) is 177 cm³/mol. The zero-order valence-electron chi connectivity index (χ0n) is 26.4. The Balaban J connectivity index is 1.45. The van der Waals surface area contributed by atoms with Gasteiger partial charge in [-0.15, -0.1) is 0 Å². The molecule has 2 aliphatic heterocycles. The summed E-state index contributed by atoms with van der Waals surface area (Å²) in [6.07, 6.45) is 4.74. The average Bonchev–Trinajstić information content (AvgIpc) is 2.92. The van der Waals surface area contributed by atoms with Crippen molar-refractivity contribution in [3.63, 3.8) is 0 Å². The second-order valence-electron chi connectivity index (χ2n) is 12.2. The molecule has 2 aromatic carbocycles. The Kier molecular flexibility index (Phi) is 9.55. The highest BCUT2D eigenvalue weighted by Gasteiger charge is 2.35. The number of rotatable bonds is 10. The van der Waals surface area contributed by atoms with Crippen molar-refractivity contribution in [2.45, 2.75) is 89.3 Å². The third-order valence-electron chi connectivity index (χ3n) is 8.07. The van der Waals surface area contributed by atoms with E-state index in [9.17, 15) is 8.42 Å². The average molecular weight is 640 g/mol. The van der Waals surface area contributed by atoms with E-state index in [-0.39, 0.29) is 21.8 Å². The molecule has 0 bridgehead atoms. The molecule has 0 radical (unpaired) electrons. The molecule has 1 fully saturated rings. The predicted octanol–water partition coefficient (Wildman–Crippen LogP) is 7.16. The van der Waals surface area contributed by atoms with Gasteiger partial charge in [0.1, 0.15) is 10.8 Å². The molecule has 11 heteroatoms. The number of aryl methyl sites for hydroxylation is 1. The Labute approximate surface area is 266 Å². The molecule has 0 unspecified atom stereocenters. The first-order valence-corrected chi connectivity index (χ1v) is 17.0. The first-order chi connectivity index (χ1) is 20.8. The molecule has 44 heavy (non-hydrogen) atoms. The molecule has 3 aromatic rings. The number of nitrogens with one attached hydrogen (secondary N) is 2. The largest absolute Gasteiger partial charge is 0.489 e. The molecule has 0 aliphatic carbocycles. The van der Waals surface area contributed by atoms with Crippen LogP contribution in [-0.2, 0) is 14.6 Å². The van der Waals surface area contributed by atoms with Gasteiger partial charge >= 0.3 is 0 Å². The molecule has 3 heterocycles. The Hall–Kier alpha value is -3.18. The maximum absolute atomic E-state index is 13.0. The standard InChI is InChI=1S/C33H42ClN5O4S/c1-19(2)43-30-15-26(24-13-22(6)39(23(7)14-24)25-17-42-18-25)21(5)12-29(30)37-33-35-16-27(34)32(38-33)36-28-10-8-9-11-31(28)44(40,41)20(3)4/h8-13,15-16,19-20,22-23,25H,14,17-18H2,1-7H3,(H2,35,36,37,38)/t22-,23+/m1/s1. The van der Waals surface area contributed by atoms with Crippen LogP contribution in [0.25, 0.3) is 5.57 Å². The van der Waals surface area contributed by atoms with Crippen molar-refractivity contribution in [2.75, 3.05) is 23.8 Å². The monoisotopic (exact) mass is 639 g/mol. The highest BCUT2D eigenvalue weighted by atomic mass is 35.5. The van der Waals surface area contributed by atoms with Crippen LogP contribution in [0.3, 0.4) is 0 Å². The summed E-state index contributed by atoms with van der Waals surface area (Å²) in [4.78, 5) is 11.8. The summed E-state index contributed by atoms with van der Waals surface area (Å²) in [5.41, 5.74) is 4.70. The number of aromatic nitrogens is 2. The van der Waals surface area contributed by atoms with E-state index < -0.39 is 15.1 Å². The van der Waals surface area contributed by atoms with E-state index in [0.29, 0.717) is 35.5 Å². The van der Waals surface area contributed by atoms with Gasteiger partial charge < -0.3 is 20.1 Å². The lowest BCUT2D eigenvalue weighted by Crippen LogP contribution is -2.56. The van der Waals surface area contributed by atoms with Crippen LogP contribution in [0.2, 0.25) is 5.02 Å². The van der Waals surface area contributed by atoms with Crippen LogP contribution >= 0.6 is 11.6 Å². The maximum atomic E-state index is 13.0. The number of para-hydroxylation sites is 1. The first-order valence-electron chi connectivity index (χ1n) is 15.1. The van der Waals surface area contributed by atoms with E-state index in [1.807, 2.05) is 13.8 Å². The normalized spacial score (nSPS) is 19.5. The number of nitrogens with zero attached hydrogens (tertiary/aromatic N) is 3. The summed E-state index contributed by atoms with van der Waals surface area (Å²) in [6, 6.07) is 12.1. The summed E-state index contributed by atoms with van der Waals surface area (Å²) in [6.45, 7) is 15.6. The van der Waals surface area contributed by atoms with Crippen molar-refractivity contribution in [1.29, 1.82) is 0 Å². The Morgan fingerprint density at radius 1 is 1.07 bits per heavy atom. The summed E-state index contributed by atoms with van der Waals surface area (Å²) in [7, 11) is -3.54. The lowest BCUT2D eigenvalue weighted by atomic mass is 9.88. The van der Waals surface area contributed by atoms with Gasteiger partial charge in [0.25, 0.3) is 0 Å². The van der Waals surface area contributed by atoms with Gasteiger partial charge in [-0.1, -0.05) is 29.8 Å². The molecule has 2 N–H and O–H groups in total. The summed E-state index contributed by atoms with van der Waals surface area (Å²) < 4.78 is 37.7. The molecular weight excluding hydrogens is 598 g/mol. The van der Waals surface area contributed by atoms with Crippen LogP contribution in [0.15, 0.2) is 53.6 Å². The number of hydrogen-bond acceptors (Lipinski definition) is 9. The minimum Gasteiger partial charge on any atom is -0.489 e. The van der Waals surface area contributed by atoms with Gasteiger partial charge in [-0.3, -0.25) is 4.90 Å². The second kappa shape index (κ2) is 13.0. The van der Waals surface area contributed by atoms with Gasteiger partial charge in [0.15, 0.2) is 15.7 Å². The lowest BCUT2D eigenvalue weighted by molar-refractivity contribution is -0.0857. The van der Waals surface area contributed by atoms with E-state index in [0.717, 1.165) is 36.4 Å². The van der Waals surface area contributed by atoms with Gasteiger partial charge in [0.05, 0.1) is 53.1 Å². The van der Waals surface area contributed by atoms with Crippen molar-refractivity contribution in [3.8, 4) is 5.75 Å². The number of hydrogen-bond donors (Lipinski definition) is 2. The minimum atomic E-state index is -3.54. The van der Waals surface area contributed by atoms with Crippen molar-refractivity contribution < 1.29 is 17.9 Å². The van der Waals surface area contributed by atoms with E-state index in [2.05, 4.69) is 64.5 Å². The molecule has 0 saturated carbocycles. The molecule has 1 aromatic heterocycles. The summed E-state index contributed by atoms with van der Waals surface area (Å²) in [5.74, 6) is 1.27. The Morgan fingerprint density at radius 2 is 1.80 bits per heavy atom. The summed E-state index contributed by atoms with van der Waals surface area (Å²) >= 11 is 6.47. The molecular formula is C33H42ClN5O4S. The molecule has 5 rings (SSSR count). The fraction of sp³-hybridized carbons (Fsp3) is 0.455. The molecule has 2 aliphatic rings. The van der Waals surface area contributed by atoms with E-state index in [1.165, 1.54) is 11.8 Å². The van der Waals surface area contributed by atoms with Crippen LogP contribution in [-0.4, -0.2) is 66.0 Å². The minimum absolute atomic E-state index is 0.0545. The van der Waals surface area contributed by atoms with Gasteiger partial charge in [0, 0.05) is 12.1 Å². The number of benzene rings is 2. The molecule has 2 atom stereocenters. The van der Waals surface area contributed by atoms with E-state index >= 15 is 0 Å². The zero-order chi connectivity index (χ0) is 31.8. The number of halogens is 1. The second-order valence-corrected chi connectivity index (χ2v) is 15.1. The quantitative estimate of drug-likeness (QED) is 0.239. The Morgan fingerprint density at radius 3 is 2.43 bits per heavy atom.